The average Bonchev–Trinajstić information content (AvgIpc) is 3.14. The van der Waals surface area contributed by atoms with Crippen LogP contribution in [0.25, 0.3) is 0 Å². The molecule has 0 aromatic carbocycles. The zero-order chi connectivity index (χ0) is 23.3. The van der Waals surface area contributed by atoms with E-state index in [1.54, 1.807) is 0 Å². The second kappa shape index (κ2) is 9.78. The third-order valence-corrected chi connectivity index (χ3v) is 5.14. The number of carbonyl (C=O) groups is 4. The van der Waals surface area contributed by atoms with E-state index >= 15 is 0 Å². The van der Waals surface area contributed by atoms with E-state index < -0.39 is 67.4 Å². The molecule has 6 N–H and O–H groups in total. The van der Waals surface area contributed by atoms with Gasteiger partial charge in [0.05, 0.1) is 19.1 Å². The number of nitrogen functional groups attached to an aromatic ring is 1. The summed E-state index contributed by atoms with van der Waals surface area (Å²) in [7, 11) is 0. The number of carboxylic acids is 2. The van der Waals surface area contributed by atoms with Gasteiger partial charge < -0.3 is 31.0 Å². The zero-order valence-corrected chi connectivity index (χ0v) is 16.9. The molecule has 2 heterocycles. The molecular formula is C16H20N4O10S. The van der Waals surface area contributed by atoms with E-state index in [-0.39, 0.29) is 16.5 Å². The Kier molecular flexibility index (Phi) is 7.61. The predicted octanol–water partition coefficient (Wildman–Crippen LogP) is -1.92. The number of aliphatic hydroxyl groups excluding tert-OH is 2. The number of carbonyl (C=O) groups excluding carboxylic acids is 2. The second-order valence-electron chi connectivity index (χ2n) is 6.62. The Hall–Kier alpha value is -3.14. The summed E-state index contributed by atoms with van der Waals surface area (Å²) in [5, 5.41) is 42.1. The van der Waals surface area contributed by atoms with Gasteiger partial charge in [0.1, 0.15) is 11.2 Å². The number of hydrogen-bond acceptors (Lipinski definition) is 12. The van der Waals surface area contributed by atoms with Gasteiger partial charge in [0.25, 0.3) is 5.91 Å². The topological polar surface area (TPSA) is 222 Å². The Morgan fingerprint density at radius 2 is 2.06 bits per heavy atom. The van der Waals surface area contributed by atoms with Crippen LogP contribution in [0.15, 0.2) is 10.5 Å². The van der Waals surface area contributed by atoms with Gasteiger partial charge >= 0.3 is 11.9 Å². The minimum Gasteiger partial charge on any atom is -0.479 e. The van der Waals surface area contributed by atoms with Crippen LogP contribution in [0.2, 0.25) is 0 Å². The number of β-lactam (4-membered cyclic amide) rings is 1. The van der Waals surface area contributed by atoms with Crippen LogP contribution < -0.4 is 5.73 Å². The molecule has 0 aliphatic carbocycles. The fourth-order valence-corrected chi connectivity index (χ4v) is 3.29. The van der Waals surface area contributed by atoms with E-state index in [4.69, 9.17) is 25.9 Å². The summed E-state index contributed by atoms with van der Waals surface area (Å²) in [6, 6.07) is 0. The van der Waals surface area contributed by atoms with E-state index in [9.17, 15) is 24.3 Å². The van der Waals surface area contributed by atoms with Crippen molar-refractivity contribution < 1.29 is 49.3 Å². The lowest BCUT2D eigenvalue weighted by molar-refractivity contribution is -0.297. The highest BCUT2D eigenvalue weighted by atomic mass is 32.1. The van der Waals surface area contributed by atoms with Crippen molar-refractivity contribution in [1.29, 1.82) is 0 Å². The lowest BCUT2D eigenvalue weighted by atomic mass is 9.73. The molecule has 31 heavy (non-hydrogen) atoms. The van der Waals surface area contributed by atoms with Gasteiger partial charge in [0.2, 0.25) is 12.7 Å². The third kappa shape index (κ3) is 5.13. The molecule has 1 aliphatic heterocycles. The molecule has 1 saturated heterocycles. The van der Waals surface area contributed by atoms with Gasteiger partial charge in [0, 0.05) is 11.8 Å². The van der Waals surface area contributed by atoms with Crippen molar-refractivity contribution in [3.05, 3.63) is 11.1 Å². The summed E-state index contributed by atoms with van der Waals surface area (Å²) in [4.78, 5) is 60.5. The number of aromatic nitrogens is 1. The summed E-state index contributed by atoms with van der Waals surface area (Å²) in [6.07, 6.45) is -2.25. The molecular weight excluding hydrogens is 440 g/mol. The number of aliphatic hydroxyl groups is 2. The van der Waals surface area contributed by atoms with Gasteiger partial charge in [-0.1, -0.05) is 5.16 Å². The van der Waals surface area contributed by atoms with Crippen LogP contribution in [0.1, 0.15) is 19.0 Å². The molecule has 170 valence electrons. The highest BCUT2D eigenvalue weighted by Gasteiger charge is 2.59. The molecule has 15 heteroatoms. The minimum atomic E-state index is -1.74. The van der Waals surface area contributed by atoms with E-state index in [0.29, 0.717) is 5.06 Å². The van der Waals surface area contributed by atoms with Crippen LogP contribution in [0.4, 0.5) is 5.13 Å². The first-order valence-corrected chi connectivity index (χ1v) is 9.54. The van der Waals surface area contributed by atoms with Crippen molar-refractivity contribution in [2.75, 3.05) is 25.6 Å². The fraction of sp³-hybridized carbons (Fsp3) is 0.500. The Bertz CT molecular complexity index is 903. The summed E-state index contributed by atoms with van der Waals surface area (Å²) in [6.45, 7) is -1.07. The van der Waals surface area contributed by atoms with Gasteiger partial charge in [0.15, 0.2) is 16.6 Å². The monoisotopic (exact) mass is 460 g/mol. The number of thiazole rings is 1. The molecule has 2 unspecified atom stereocenters. The van der Waals surface area contributed by atoms with Crippen molar-refractivity contribution >= 4 is 45.8 Å². The van der Waals surface area contributed by atoms with E-state index in [0.717, 1.165) is 11.3 Å². The molecule has 1 amide bonds. The molecule has 0 radical (unpaired) electrons. The maximum absolute atomic E-state index is 12.8. The summed E-state index contributed by atoms with van der Waals surface area (Å²) >= 11 is 0.993. The Morgan fingerprint density at radius 3 is 2.55 bits per heavy atom. The first kappa shape index (κ1) is 24.1. The van der Waals surface area contributed by atoms with E-state index in [1.165, 1.54) is 12.3 Å². The smallest absolute Gasteiger partial charge is 0.344 e. The number of nitrogens with zero attached hydrogens (tertiary/aromatic N) is 3. The maximum Gasteiger partial charge on any atom is 0.344 e. The number of carboxylic acid groups (broad SMARTS) is 2. The normalized spacial score (nSPS) is 22.0. The Morgan fingerprint density at radius 1 is 1.39 bits per heavy atom. The highest BCUT2D eigenvalue weighted by molar-refractivity contribution is 7.13. The van der Waals surface area contributed by atoms with Crippen LogP contribution in [-0.2, 0) is 28.9 Å². The van der Waals surface area contributed by atoms with Crippen molar-refractivity contribution in [2.45, 2.75) is 25.0 Å². The first-order valence-electron chi connectivity index (χ1n) is 8.66. The highest BCUT2D eigenvalue weighted by Crippen LogP contribution is 2.40. The van der Waals surface area contributed by atoms with Gasteiger partial charge in [-0.15, -0.1) is 11.3 Å². The lowest BCUT2D eigenvalue weighted by Gasteiger charge is -2.53. The molecule has 0 bridgehead atoms. The van der Waals surface area contributed by atoms with Crippen LogP contribution >= 0.6 is 11.3 Å². The van der Waals surface area contributed by atoms with Gasteiger partial charge in [-0.2, -0.15) is 0 Å². The number of ketones is 1. The molecule has 2 rings (SSSR count). The number of rotatable bonds is 12. The van der Waals surface area contributed by atoms with Crippen LogP contribution in [-0.4, -0.2) is 91.3 Å². The number of hydrogen-bond donors (Lipinski definition) is 5. The first-order chi connectivity index (χ1) is 14.5. The summed E-state index contributed by atoms with van der Waals surface area (Å²) < 4.78 is 0. The molecule has 1 aromatic heterocycles. The van der Waals surface area contributed by atoms with Crippen LogP contribution in [0, 0.1) is 5.92 Å². The SMILES string of the molecule is CC1(CO)[C@H](CC(=O)/C(=N\OCC(=O)O)c2csc(N)n2)C(=O)N1OC(CO)C(=O)O. The minimum absolute atomic E-state index is 0.00897. The summed E-state index contributed by atoms with van der Waals surface area (Å²) in [5.74, 6) is -5.54. The van der Waals surface area contributed by atoms with Gasteiger partial charge in [-0.3, -0.25) is 14.4 Å². The number of oxime groups is 1. The quantitative estimate of drug-likeness (QED) is 0.131. The standard InChI is InChI=1S/C16H20N4O10S/c1-16(6-22)7(13(26)20(16)30-10(3-21)14(27)28)2-9(23)12(19-29-4-11(24)25)8-5-31-15(17)18-8/h5,7,10,21-22H,2-4,6H2,1H3,(H2,17,18)(H,24,25)(H,27,28)/b19-12-/t7-,10?,16?/m1/s1. The Balaban J connectivity index is 2.21. The number of Topliss-reactive ketones (excluding diaryl/α,β-unsaturated/α-hetero) is 1. The molecule has 0 saturated carbocycles. The Labute approximate surface area is 178 Å². The predicted molar refractivity (Wildman–Crippen MR) is 102 cm³/mol. The maximum atomic E-state index is 12.8. The second-order valence-corrected chi connectivity index (χ2v) is 7.51. The zero-order valence-electron chi connectivity index (χ0n) is 16.1. The average molecular weight is 460 g/mol. The molecule has 14 nitrogen and oxygen atoms in total. The number of nitrogens with two attached hydrogens (primary N) is 1. The fourth-order valence-electron chi connectivity index (χ4n) is 2.74. The van der Waals surface area contributed by atoms with E-state index in [1.807, 2.05) is 0 Å². The van der Waals surface area contributed by atoms with Crippen molar-refractivity contribution in [2.24, 2.45) is 11.1 Å². The van der Waals surface area contributed by atoms with Crippen molar-refractivity contribution in [3.8, 4) is 0 Å². The molecule has 1 fully saturated rings. The van der Waals surface area contributed by atoms with Crippen molar-refractivity contribution in [3.63, 3.8) is 0 Å². The largest absolute Gasteiger partial charge is 0.479 e. The molecule has 1 aromatic rings. The molecule has 1 aliphatic rings. The van der Waals surface area contributed by atoms with E-state index in [2.05, 4.69) is 15.0 Å². The van der Waals surface area contributed by atoms with Crippen LogP contribution in [0.3, 0.4) is 0 Å². The number of hydroxylamine groups is 2. The third-order valence-electron chi connectivity index (χ3n) is 4.47. The lowest BCUT2D eigenvalue weighted by Crippen LogP contribution is -2.72. The van der Waals surface area contributed by atoms with Gasteiger partial charge in [-0.25, -0.2) is 19.6 Å². The van der Waals surface area contributed by atoms with Gasteiger partial charge in [-0.05, 0) is 6.92 Å². The molecule has 0 spiro atoms. The summed E-state index contributed by atoms with van der Waals surface area (Å²) in [5.41, 5.74) is 3.71. The molecule has 3 atom stereocenters. The number of amides is 1. The van der Waals surface area contributed by atoms with Crippen molar-refractivity contribution in [1.82, 2.24) is 10.0 Å². The number of aliphatic carboxylic acids is 2. The number of anilines is 1. The van der Waals surface area contributed by atoms with Crippen LogP contribution in [0.5, 0.6) is 0 Å².